The molecule has 0 amide bonds. The predicted octanol–water partition coefficient (Wildman–Crippen LogP) is 1.72. The molecule has 1 heterocycles. The Hall–Kier alpha value is -2.32. The fourth-order valence-electron chi connectivity index (χ4n) is 1.32. The van der Waals surface area contributed by atoms with Crippen LogP contribution < -0.4 is 4.74 Å². The lowest BCUT2D eigenvalue weighted by molar-refractivity contribution is -0.391. The molecular weight excluding hydrogens is 254 g/mol. The second kappa shape index (κ2) is 5.34. The first-order valence-corrected chi connectivity index (χ1v) is 4.51. The number of aromatic nitrogens is 1. The summed E-state index contributed by atoms with van der Waals surface area (Å²) in [7, 11) is 2.04. The third kappa shape index (κ3) is 2.34. The van der Waals surface area contributed by atoms with E-state index in [1.54, 1.807) is 0 Å². The standard InChI is InChI=1S/C9H8F2N2O5/c1-17-6-4(9(14)18-2)3-12-8(13(15)16)5(6)7(10)11/h3,7H,1-2H3. The van der Waals surface area contributed by atoms with Crippen molar-refractivity contribution >= 4 is 11.8 Å². The molecule has 0 unspecified atom stereocenters. The van der Waals surface area contributed by atoms with E-state index in [4.69, 9.17) is 0 Å². The molecule has 0 N–H and O–H groups in total. The minimum Gasteiger partial charge on any atom is -0.495 e. The van der Waals surface area contributed by atoms with Crippen LogP contribution in [0.1, 0.15) is 22.3 Å². The molecule has 0 spiro atoms. The van der Waals surface area contributed by atoms with Crippen molar-refractivity contribution in [2.45, 2.75) is 6.43 Å². The van der Waals surface area contributed by atoms with E-state index in [9.17, 15) is 23.7 Å². The van der Waals surface area contributed by atoms with Crippen LogP contribution in [0.5, 0.6) is 5.75 Å². The second-order valence-corrected chi connectivity index (χ2v) is 2.99. The van der Waals surface area contributed by atoms with Crippen LogP contribution in [0.15, 0.2) is 6.20 Å². The molecule has 0 aromatic carbocycles. The summed E-state index contributed by atoms with van der Waals surface area (Å²) in [6.45, 7) is 0. The van der Waals surface area contributed by atoms with Gasteiger partial charge in [0, 0.05) is 0 Å². The summed E-state index contributed by atoms with van der Waals surface area (Å²) in [5, 5.41) is 10.6. The van der Waals surface area contributed by atoms with Gasteiger partial charge >= 0.3 is 11.8 Å². The first-order valence-electron chi connectivity index (χ1n) is 4.51. The molecule has 1 aromatic rings. The minimum absolute atomic E-state index is 0.402. The van der Waals surface area contributed by atoms with Crippen molar-refractivity contribution in [1.82, 2.24) is 4.98 Å². The highest BCUT2D eigenvalue weighted by Gasteiger charge is 2.33. The normalized spacial score (nSPS) is 10.3. The molecular formula is C9H8F2N2O5. The van der Waals surface area contributed by atoms with Crippen LogP contribution in [0.4, 0.5) is 14.6 Å². The van der Waals surface area contributed by atoms with Crippen molar-refractivity contribution in [3.63, 3.8) is 0 Å². The zero-order chi connectivity index (χ0) is 13.9. The molecule has 0 saturated carbocycles. The third-order valence-electron chi connectivity index (χ3n) is 2.05. The van der Waals surface area contributed by atoms with E-state index in [1.807, 2.05) is 0 Å². The van der Waals surface area contributed by atoms with Gasteiger partial charge in [0.1, 0.15) is 5.56 Å². The number of carbonyl (C=O) groups excluding carboxylic acids is 1. The van der Waals surface area contributed by atoms with Gasteiger partial charge in [0.05, 0.1) is 14.2 Å². The minimum atomic E-state index is -3.21. The van der Waals surface area contributed by atoms with E-state index in [0.29, 0.717) is 0 Å². The fraction of sp³-hybridized carbons (Fsp3) is 0.333. The summed E-state index contributed by atoms with van der Waals surface area (Å²) in [4.78, 5) is 24.0. The lowest BCUT2D eigenvalue weighted by Crippen LogP contribution is -2.10. The van der Waals surface area contributed by atoms with Gasteiger partial charge < -0.3 is 19.6 Å². The van der Waals surface area contributed by atoms with Crippen LogP contribution in [0.2, 0.25) is 0 Å². The molecule has 0 fully saturated rings. The van der Waals surface area contributed by atoms with Crippen LogP contribution in [-0.2, 0) is 4.74 Å². The van der Waals surface area contributed by atoms with Gasteiger partial charge in [-0.05, 0) is 9.91 Å². The van der Waals surface area contributed by atoms with Crippen molar-refractivity contribution in [3.05, 3.63) is 27.4 Å². The Morgan fingerprint density at radius 1 is 1.50 bits per heavy atom. The molecule has 7 nitrogen and oxygen atoms in total. The number of hydrogen-bond donors (Lipinski definition) is 0. The lowest BCUT2D eigenvalue weighted by Gasteiger charge is -2.10. The van der Waals surface area contributed by atoms with E-state index >= 15 is 0 Å². The van der Waals surface area contributed by atoms with Crippen LogP contribution in [0.3, 0.4) is 0 Å². The van der Waals surface area contributed by atoms with Crippen molar-refractivity contribution in [2.24, 2.45) is 0 Å². The quantitative estimate of drug-likeness (QED) is 0.466. The highest BCUT2D eigenvalue weighted by Crippen LogP contribution is 2.37. The van der Waals surface area contributed by atoms with Crippen LogP contribution >= 0.6 is 0 Å². The highest BCUT2D eigenvalue weighted by molar-refractivity contribution is 5.93. The molecule has 0 aliphatic rings. The summed E-state index contributed by atoms with van der Waals surface area (Å²) < 4.78 is 34.6. The topological polar surface area (TPSA) is 91.6 Å². The zero-order valence-corrected chi connectivity index (χ0v) is 9.35. The molecule has 1 aromatic heterocycles. The average molecular weight is 262 g/mol. The third-order valence-corrected chi connectivity index (χ3v) is 2.05. The first kappa shape index (κ1) is 13.7. The summed E-state index contributed by atoms with van der Waals surface area (Å²) in [5.41, 5.74) is -1.45. The predicted molar refractivity (Wildman–Crippen MR) is 53.7 cm³/mol. The molecule has 1 rings (SSSR count). The Morgan fingerprint density at radius 3 is 2.50 bits per heavy atom. The number of alkyl halides is 2. The van der Waals surface area contributed by atoms with Gasteiger partial charge in [0.15, 0.2) is 17.5 Å². The number of nitrogens with zero attached hydrogens (tertiary/aromatic N) is 2. The largest absolute Gasteiger partial charge is 0.495 e. The maximum Gasteiger partial charge on any atom is 0.376 e. The van der Waals surface area contributed by atoms with Crippen molar-refractivity contribution in [2.75, 3.05) is 14.2 Å². The van der Waals surface area contributed by atoms with Gasteiger partial charge in [-0.25, -0.2) is 13.6 Å². The summed E-state index contributed by atoms with van der Waals surface area (Å²) in [6.07, 6.45) is -2.45. The SMILES string of the molecule is COC(=O)c1cnc([N+](=O)[O-])c(C(F)F)c1OC. The number of halogens is 2. The van der Waals surface area contributed by atoms with Crippen molar-refractivity contribution in [3.8, 4) is 5.75 Å². The zero-order valence-electron chi connectivity index (χ0n) is 9.35. The van der Waals surface area contributed by atoms with Gasteiger partial charge in [-0.1, -0.05) is 0 Å². The van der Waals surface area contributed by atoms with Crippen molar-refractivity contribution < 1.29 is 28.0 Å². The Kier molecular flexibility index (Phi) is 4.08. The number of esters is 1. The summed E-state index contributed by atoms with van der Waals surface area (Å²) in [5.74, 6) is -2.65. The monoisotopic (exact) mass is 262 g/mol. The molecule has 0 saturated heterocycles. The second-order valence-electron chi connectivity index (χ2n) is 2.99. The summed E-state index contributed by atoms with van der Waals surface area (Å²) in [6, 6.07) is 0. The number of pyridine rings is 1. The van der Waals surface area contributed by atoms with E-state index in [0.717, 1.165) is 20.4 Å². The number of methoxy groups -OCH3 is 2. The van der Waals surface area contributed by atoms with Gasteiger partial charge in [-0.2, -0.15) is 0 Å². The van der Waals surface area contributed by atoms with Gasteiger partial charge in [0.25, 0.3) is 6.43 Å². The van der Waals surface area contributed by atoms with E-state index in [1.165, 1.54) is 0 Å². The van der Waals surface area contributed by atoms with E-state index < -0.39 is 40.0 Å². The average Bonchev–Trinajstić information content (AvgIpc) is 2.35. The number of hydrogen-bond acceptors (Lipinski definition) is 6. The first-order chi connectivity index (χ1) is 8.43. The van der Waals surface area contributed by atoms with Gasteiger partial charge in [-0.15, -0.1) is 0 Å². The van der Waals surface area contributed by atoms with Gasteiger partial charge in [0.2, 0.25) is 0 Å². The van der Waals surface area contributed by atoms with Crippen LogP contribution in [0.25, 0.3) is 0 Å². The number of ether oxygens (including phenoxy) is 2. The molecule has 18 heavy (non-hydrogen) atoms. The molecule has 98 valence electrons. The molecule has 0 aliphatic carbocycles. The van der Waals surface area contributed by atoms with E-state index in [-0.39, 0.29) is 0 Å². The number of rotatable bonds is 4. The molecule has 0 bridgehead atoms. The Balaban J connectivity index is 3.57. The maximum absolute atomic E-state index is 12.8. The van der Waals surface area contributed by atoms with Crippen molar-refractivity contribution in [1.29, 1.82) is 0 Å². The Bertz CT molecular complexity index is 492. The lowest BCUT2D eigenvalue weighted by atomic mass is 10.1. The van der Waals surface area contributed by atoms with E-state index in [2.05, 4.69) is 14.5 Å². The molecule has 0 aliphatic heterocycles. The molecule has 0 radical (unpaired) electrons. The Morgan fingerprint density at radius 2 is 2.11 bits per heavy atom. The Labute approximate surface area is 99.5 Å². The fourth-order valence-corrected chi connectivity index (χ4v) is 1.32. The maximum atomic E-state index is 12.8. The number of carbonyl (C=O) groups is 1. The smallest absolute Gasteiger partial charge is 0.376 e. The molecule has 0 atom stereocenters. The highest BCUT2D eigenvalue weighted by atomic mass is 19.3. The van der Waals surface area contributed by atoms with Crippen LogP contribution in [-0.4, -0.2) is 30.1 Å². The number of nitro groups is 1. The van der Waals surface area contributed by atoms with Gasteiger partial charge in [-0.3, -0.25) is 0 Å². The summed E-state index contributed by atoms with van der Waals surface area (Å²) >= 11 is 0. The molecule has 9 heteroatoms. The van der Waals surface area contributed by atoms with Crippen LogP contribution in [0, 0.1) is 10.1 Å².